The molecule has 0 saturated heterocycles. The molecule has 0 aliphatic rings. The van der Waals surface area contributed by atoms with Crippen molar-refractivity contribution < 1.29 is 0 Å². The van der Waals surface area contributed by atoms with E-state index in [-0.39, 0.29) is 0 Å². The number of hydrogen-bond acceptors (Lipinski definition) is 4. The molecule has 0 amide bonds. The van der Waals surface area contributed by atoms with Gasteiger partial charge in [0, 0.05) is 21.8 Å². The van der Waals surface area contributed by atoms with Crippen molar-refractivity contribution in [3.8, 4) is 6.07 Å². The summed E-state index contributed by atoms with van der Waals surface area (Å²) < 4.78 is 0.891. The van der Waals surface area contributed by atoms with Gasteiger partial charge in [-0.1, -0.05) is 11.8 Å². The highest BCUT2D eigenvalue weighted by molar-refractivity contribution is 9.10. The van der Waals surface area contributed by atoms with Gasteiger partial charge >= 0.3 is 0 Å². The van der Waals surface area contributed by atoms with Gasteiger partial charge in [-0.2, -0.15) is 5.26 Å². The Morgan fingerprint density at radius 3 is 2.81 bits per heavy atom. The standard InChI is InChI=1S/C11H6BrN3S/c12-9-5-8(6-13)1-2-10(9)16-11-7-14-3-4-15-11/h1-5,7H. The third-order valence-corrected chi connectivity index (χ3v) is 3.73. The van der Waals surface area contributed by atoms with Gasteiger partial charge in [-0.15, -0.1) is 0 Å². The molecule has 0 N–H and O–H groups in total. The summed E-state index contributed by atoms with van der Waals surface area (Å²) in [7, 11) is 0. The summed E-state index contributed by atoms with van der Waals surface area (Å²) in [5.74, 6) is 0. The molecule has 2 rings (SSSR count). The molecule has 0 aliphatic heterocycles. The summed E-state index contributed by atoms with van der Waals surface area (Å²) in [6.45, 7) is 0. The number of hydrogen-bond donors (Lipinski definition) is 0. The van der Waals surface area contributed by atoms with E-state index in [2.05, 4.69) is 32.0 Å². The monoisotopic (exact) mass is 291 g/mol. The molecule has 1 aromatic heterocycles. The zero-order valence-electron chi connectivity index (χ0n) is 8.09. The highest BCUT2D eigenvalue weighted by Crippen LogP contribution is 2.32. The summed E-state index contributed by atoms with van der Waals surface area (Å²) in [4.78, 5) is 9.18. The molecular weight excluding hydrogens is 286 g/mol. The van der Waals surface area contributed by atoms with E-state index in [1.54, 1.807) is 30.7 Å². The smallest absolute Gasteiger partial charge is 0.119 e. The van der Waals surface area contributed by atoms with E-state index in [4.69, 9.17) is 5.26 Å². The predicted molar refractivity (Wildman–Crippen MR) is 65.0 cm³/mol. The molecule has 0 saturated carbocycles. The molecule has 5 heteroatoms. The Kier molecular flexibility index (Phi) is 3.54. The summed E-state index contributed by atoms with van der Waals surface area (Å²) >= 11 is 4.93. The Hall–Kier alpha value is -1.38. The fraction of sp³-hybridized carbons (Fsp3) is 0. The van der Waals surface area contributed by atoms with Crippen LogP contribution < -0.4 is 0 Å². The van der Waals surface area contributed by atoms with Gasteiger partial charge in [0.25, 0.3) is 0 Å². The molecule has 3 nitrogen and oxygen atoms in total. The minimum absolute atomic E-state index is 0.635. The lowest BCUT2D eigenvalue weighted by Crippen LogP contribution is -1.82. The fourth-order valence-electron chi connectivity index (χ4n) is 1.10. The van der Waals surface area contributed by atoms with E-state index in [0.717, 1.165) is 14.4 Å². The molecular formula is C11H6BrN3S. The molecule has 0 bridgehead atoms. The number of nitrogens with zero attached hydrogens (tertiary/aromatic N) is 3. The van der Waals surface area contributed by atoms with Gasteiger partial charge in [0.1, 0.15) is 5.03 Å². The van der Waals surface area contributed by atoms with Crippen LogP contribution in [0.5, 0.6) is 0 Å². The van der Waals surface area contributed by atoms with Crippen LogP contribution in [0, 0.1) is 11.3 Å². The van der Waals surface area contributed by atoms with Crippen molar-refractivity contribution in [2.75, 3.05) is 0 Å². The van der Waals surface area contributed by atoms with Crippen molar-refractivity contribution in [3.63, 3.8) is 0 Å². The number of benzene rings is 1. The molecule has 0 atom stereocenters. The van der Waals surface area contributed by atoms with Gasteiger partial charge in [0.2, 0.25) is 0 Å². The molecule has 2 aromatic rings. The second kappa shape index (κ2) is 5.10. The lowest BCUT2D eigenvalue weighted by atomic mass is 10.2. The number of rotatable bonds is 2. The summed E-state index contributed by atoms with van der Waals surface area (Å²) in [5.41, 5.74) is 0.635. The largest absolute Gasteiger partial charge is 0.260 e. The molecule has 1 heterocycles. The van der Waals surface area contributed by atoms with Gasteiger partial charge in [-0.05, 0) is 34.1 Å². The third-order valence-electron chi connectivity index (χ3n) is 1.81. The summed E-state index contributed by atoms with van der Waals surface area (Å²) in [6.07, 6.45) is 4.99. The molecule has 0 aliphatic carbocycles. The first kappa shape index (κ1) is 11.1. The van der Waals surface area contributed by atoms with Crippen molar-refractivity contribution in [3.05, 3.63) is 46.8 Å². The van der Waals surface area contributed by atoms with E-state index in [1.807, 2.05) is 6.07 Å². The van der Waals surface area contributed by atoms with E-state index < -0.39 is 0 Å². The van der Waals surface area contributed by atoms with Crippen LogP contribution in [0.3, 0.4) is 0 Å². The van der Waals surface area contributed by atoms with Crippen LogP contribution in [0.25, 0.3) is 0 Å². The zero-order valence-corrected chi connectivity index (χ0v) is 10.5. The van der Waals surface area contributed by atoms with Crippen molar-refractivity contribution >= 4 is 27.7 Å². The number of halogens is 1. The Balaban J connectivity index is 2.27. The maximum Gasteiger partial charge on any atom is 0.119 e. The Bertz CT molecular complexity index is 537. The lowest BCUT2D eigenvalue weighted by Gasteiger charge is -2.02. The van der Waals surface area contributed by atoms with Gasteiger partial charge in [-0.3, -0.25) is 4.98 Å². The van der Waals surface area contributed by atoms with Gasteiger partial charge in [0.15, 0.2) is 0 Å². The SMILES string of the molecule is N#Cc1ccc(Sc2cnccn2)c(Br)c1. The molecule has 16 heavy (non-hydrogen) atoms. The van der Waals surface area contributed by atoms with Crippen LogP contribution in [0.4, 0.5) is 0 Å². The number of nitriles is 1. The van der Waals surface area contributed by atoms with Crippen molar-refractivity contribution in [1.29, 1.82) is 5.26 Å². The lowest BCUT2D eigenvalue weighted by molar-refractivity contribution is 1.05. The van der Waals surface area contributed by atoms with E-state index in [9.17, 15) is 0 Å². The van der Waals surface area contributed by atoms with E-state index in [1.165, 1.54) is 11.8 Å². The Labute approximate surface area is 106 Å². The zero-order chi connectivity index (χ0) is 11.4. The first-order valence-electron chi connectivity index (χ1n) is 4.43. The van der Waals surface area contributed by atoms with Crippen molar-refractivity contribution in [1.82, 2.24) is 9.97 Å². The Morgan fingerprint density at radius 1 is 1.31 bits per heavy atom. The minimum Gasteiger partial charge on any atom is -0.260 e. The van der Waals surface area contributed by atoms with Gasteiger partial charge < -0.3 is 0 Å². The average Bonchev–Trinajstić information content (AvgIpc) is 2.33. The van der Waals surface area contributed by atoms with Crippen LogP contribution in [0.2, 0.25) is 0 Å². The summed E-state index contributed by atoms with van der Waals surface area (Å²) in [6, 6.07) is 7.55. The normalized spacial score (nSPS) is 9.75. The second-order valence-electron chi connectivity index (χ2n) is 2.90. The predicted octanol–water partition coefficient (Wildman–Crippen LogP) is 3.26. The first-order valence-corrected chi connectivity index (χ1v) is 6.04. The van der Waals surface area contributed by atoms with Crippen LogP contribution in [0.15, 0.2) is 51.2 Å². The van der Waals surface area contributed by atoms with E-state index in [0.29, 0.717) is 5.56 Å². The first-order chi connectivity index (χ1) is 7.79. The van der Waals surface area contributed by atoms with Gasteiger partial charge in [0.05, 0.1) is 17.8 Å². The van der Waals surface area contributed by atoms with Gasteiger partial charge in [-0.25, -0.2) is 4.98 Å². The quantitative estimate of drug-likeness (QED) is 0.852. The molecule has 0 fully saturated rings. The fourth-order valence-corrected chi connectivity index (χ4v) is 2.47. The van der Waals surface area contributed by atoms with Crippen LogP contribution in [-0.4, -0.2) is 9.97 Å². The molecule has 0 spiro atoms. The van der Waals surface area contributed by atoms with Crippen LogP contribution in [0.1, 0.15) is 5.56 Å². The molecule has 78 valence electrons. The minimum atomic E-state index is 0.635. The number of aromatic nitrogens is 2. The summed E-state index contributed by atoms with van der Waals surface area (Å²) in [5, 5.41) is 9.57. The maximum absolute atomic E-state index is 8.74. The second-order valence-corrected chi connectivity index (χ2v) is 4.82. The topological polar surface area (TPSA) is 49.6 Å². The van der Waals surface area contributed by atoms with Crippen molar-refractivity contribution in [2.24, 2.45) is 0 Å². The van der Waals surface area contributed by atoms with Crippen molar-refractivity contribution in [2.45, 2.75) is 9.92 Å². The average molecular weight is 292 g/mol. The van der Waals surface area contributed by atoms with E-state index >= 15 is 0 Å². The molecule has 0 unspecified atom stereocenters. The Morgan fingerprint density at radius 2 is 2.19 bits per heavy atom. The third kappa shape index (κ3) is 2.60. The molecule has 0 radical (unpaired) electrons. The van der Waals surface area contributed by atoms with Crippen LogP contribution >= 0.6 is 27.7 Å². The highest BCUT2D eigenvalue weighted by atomic mass is 79.9. The van der Waals surface area contributed by atoms with Crippen LogP contribution in [-0.2, 0) is 0 Å². The maximum atomic E-state index is 8.74. The molecule has 1 aromatic carbocycles. The highest BCUT2D eigenvalue weighted by Gasteiger charge is 2.04.